The highest BCUT2D eigenvalue weighted by Gasteiger charge is 2.40. The van der Waals surface area contributed by atoms with E-state index in [-0.39, 0.29) is 5.91 Å². The molecule has 0 radical (unpaired) electrons. The van der Waals surface area contributed by atoms with Crippen LogP contribution >= 0.6 is 15.9 Å². The van der Waals surface area contributed by atoms with Crippen LogP contribution in [0.15, 0.2) is 22.7 Å². The van der Waals surface area contributed by atoms with Crippen LogP contribution < -0.4 is 11.1 Å². The van der Waals surface area contributed by atoms with Gasteiger partial charge in [-0.25, -0.2) is 0 Å². The molecule has 3 N–H and O–H groups in total. The zero-order valence-corrected chi connectivity index (χ0v) is 11.5. The quantitative estimate of drug-likeness (QED) is 0.840. The minimum absolute atomic E-state index is 0.0228. The predicted molar refractivity (Wildman–Crippen MR) is 72.8 cm³/mol. The highest BCUT2D eigenvalue weighted by Crippen LogP contribution is 2.47. The zero-order valence-electron chi connectivity index (χ0n) is 9.92. The Hall–Kier alpha value is -1.03. The number of rotatable bonds is 4. The lowest BCUT2D eigenvalue weighted by Gasteiger charge is -2.13. The number of halogens is 1. The fourth-order valence-corrected chi connectivity index (χ4v) is 2.25. The van der Waals surface area contributed by atoms with Crippen molar-refractivity contribution in [2.24, 2.45) is 5.41 Å². The lowest BCUT2D eigenvalue weighted by molar-refractivity contribution is 0.0944. The molecule has 0 unspecified atom stereocenters. The third-order valence-electron chi connectivity index (χ3n) is 3.59. The predicted octanol–water partition coefficient (Wildman–Crippen LogP) is 2.95. The van der Waals surface area contributed by atoms with Crippen LogP contribution in [0.5, 0.6) is 0 Å². The summed E-state index contributed by atoms with van der Waals surface area (Å²) in [4.78, 5) is 11.9. The molecule has 0 spiro atoms. The molecule has 1 aliphatic rings. The average molecular weight is 297 g/mol. The number of nitrogen functional groups attached to an aromatic ring is 1. The minimum Gasteiger partial charge on any atom is -0.398 e. The van der Waals surface area contributed by atoms with Gasteiger partial charge in [-0.3, -0.25) is 4.79 Å². The smallest absolute Gasteiger partial charge is 0.251 e. The van der Waals surface area contributed by atoms with Crippen LogP contribution in [0, 0.1) is 5.41 Å². The summed E-state index contributed by atoms with van der Waals surface area (Å²) in [7, 11) is 0. The summed E-state index contributed by atoms with van der Waals surface area (Å²) in [6, 6.07) is 5.25. The van der Waals surface area contributed by atoms with Crippen molar-refractivity contribution in [3.05, 3.63) is 28.2 Å². The van der Waals surface area contributed by atoms with Gasteiger partial charge < -0.3 is 11.1 Å². The third-order valence-corrected chi connectivity index (χ3v) is 4.28. The summed E-state index contributed by atoms with van der Waals surface area (Å²) in [5, 5.41) is 3.00. The molecule has 1 amide bonds. The molecule has 1 aromatic rings. The fourth-order valence-electron chi connectivity index (χ4n) is 1.87. The molecule has 0 atom stereocenters. The van der Waals surface area contributed by atoms with E-state index in [0.29, 0.717) is 16.7 Å². The van der Waals surface area contributed by atoms with E-state index in [1.54, 1.807) is 18.2 Å². The van der Waals surface area contributed by atoms with Crippen molar-refractivity contribution in [3.8, 4) is 0 Å². The Morgan fingerprint density at radius 3 is 2.76 bits per heavy atom. The SMILES string of the molecule is CCC1(CNC(=O)c2ccc(N)c(Br)c2)CC1. The molecule has 1 fully saturated rings. The van der Waals surface area contributed by atoms with Crippen LogP contribution in [0.3, 0.4) is 0 Å². The van der Waals surface area contributed by atoms with Gasteiger partial charge in [0.15, 0.2) is 0 Å². The van der Waals surface area contributed by atoms with Crippen LogP contribution in [0.4, 0.5) is 5.69 Å². The topological polar surface area (TPSA) is 55.1 Å². The normalized spacial score (nSPS) is 16.6. The number of anilines is 1. The molecule has 92 valence electrons. The molecule has 4 heteroatoms. The van der Waals surface area contributed by atoms with Gasteiger partial charge in [-0.05, 0) is 58.8 Å². The largest absolute Gasteiger partial charge is 0.398 e. The summed E-state index contributed by atoms with van der Waals surface area (Å²) >= 11 is 3.33. The van der Waals surface area contributed by atoms with Gasteiger partial charge in [0.1, 0.15) is 0 Å². The van der Waals surface area contributed by atoms with E-state index in [9.17, 15) is 4.79 Å². The summed E-state index contributed by atoms with van der Waals surface area (Å²) in [6.45, 7) is 2.96. The molecule has 0 saturated heterocycles. The Morgan fingerprint density at radius 2 is 2.24 bits per heavy atom. The first-order valence-corrected chi connectivity index (χ1v) is 6.69. The lowest BCUT2D eigenvalue weighted by atomic mass is 10.0. The van der Waals surface area contributed by atoms with E-state index in [2.05, 4.69) is 28.2 Å². The maximum absolute atomic E-state index is 11.9. The van der Waals surface area contributed by atoms with Crippen molar-refractivity contribution in [1.82, 2.24) is 5.32 Å². The number of amides is 1. The van der Waals surface area contributed by atoms with Crippen LogP contribution in [0.25, 0.3) is 0 Å². The Bertz CT molecular complexity index is 441. The molecule has 3 nitrogen and oxygen atoms in total. The highest BCUT2D eigenvalue weighted by atomic mass is 79.9. The van der Waals surface area contributed by atoms with E-state index >= 15 is 0 Å². The first-order chi connectivity index (χ1) is 8.06. The van der Waals surface area contributed by atoms with Gasteiger partial charge in [0.2, 0.25) is 0 Å². The lowest BCUT2D eigenvalue weighted by Crippen LogP contribution is -2.29. The standard InChI is InChI=1S/C13H17BrN2O/c1-2-13(5-6-13)8-16-12(17)9-3-4-11(15)10(14)7-9/h3-4,7H,2,5-6,8,15H2,1H3,(H,16,17). The van der Waals surface area contributed by atoms with Crippen LogP contribution in [0.1, 0.15) is 36.5 Å². The Kier molecular flexibility index (Phi) is 3.43. The third kappa shape index (κ3) is 2.80. The van der Waals surface area contributed by atoms with Crippen molar-refractivity contribution in [2.45, 2.75) is 26.2 Å². The van der Waals surface area contributed by atoms with Crippen LogP contribution in [0.2, 0.25) is 0 Å². The second-order valence-electron chi connectivity index (χ2n) is 4.77. The number of hydrogen-bond acceptors (Lipinski definition) is 2. The van der Waals surface area contributed by atoms with Gasteiger partial charge in [0, 0.05) is 22.3 Å². The first-order valence-electron chi connectivity index (χ1n) is 5.89. The summed E-state index contributed by atoms with van der Waals surface area (Å²) < 4.78 is 0.766. The molecule has 1 aliphatic carbocycles. The van der Waals surface area contributed by atoms with Crippen LogP contribution in [-0.4, -0.2) is 12.5 Å². The Balaban J connectivity index is 1.97. The van der Waals surface area contributed by atoms with Gasteiger partial charge >= 0.3 is 0 Å². The first kappa shape index (κ1) is 12.4. The zero-order chi connectivity index (χ0) is 12.5. The number of carbonyl (C=O) groups is 1. The molecule has 0 bridgehead atoms. The number of benzene rings is 1. The van der Waals surface area contributed by atoms with Gasteiger partial charge in [-0.2, -0.15) is 0 Å². The van der Waals surface area contributed by atoms with E-state index in [1.807, 2.05) is 0 Å². The maximum Gasteiger partial charge on any atom is 0.251 e. The fraction of sp³-hybridized carbons (Fsp3) is 0.462. The van der Waals surface area contributed by atoms with Gasteiger partial charge in [0.25, 0.3) is 5.91 Å². The number of nitrogens with two attached hydrogens (primary N) is 1. The Morgan fingerprint density at radius 1 is 1.53 bits per heavy atom. The molecule has 0 aromatic heterocycles. The maximum atomic E-state index is 11.9. The molecular formula is C13H17BrN2O. The average Bonchev–Trinajstić information content (AvgIpc) is 3.10. The van der Waals surface area contributed by atoms with Crippen molar-refractivity contribution < 1.29 is 4.79 Å². The summed E-state index contributed by atoms with van der Waals surface area (Å²) in [6.07, 6.45) is 3.60. The van der Waals surface area contributed by atoms with Crippen molar-refractivity contribution in [3.63, 3.8) is 0 Å². The van der Waals surface area contributed by atoms with E-state index in [4.69, 9.17) is 5.73 Å². The molecule has 1 aromatic carbocycles. The van der Waals surface area contributed by atoms with E-state index in [1.165, 1.54) is 12.8 Å². The molecule has 2 rings (SSSR count). The van der Waals surface area contributed by atoms with Gasteiger partial charge in [-0.15, -0.1) is 0 Å². The number of hydrogen-bond donors (Lipinski definition) is 2. The molecular weight excluding hydrogens is 280 g/mol. The summed E-state index contributed by atoms with van der Waals surface area (Å²) in [5.74, 6) is -0.0228. The molecule has 17 heavy (non-hydrogen) atoms. The highest BCUT2D eigenvalue weighted by molar-refractivity contribution is 9.10. The van der Waals surface area contributed by atoms with E-state index in [0.717, 1.165) is 17.4 Å². The van der Waals surface area contributed by atoms with E-state index < -0.39 is 0 Å². The minimum atomic E-state index is -0.0228. The van der Waals surface area contributed by atoms with Crippen LogP contribution in [-0.2, 0) is 0 Å². The van der Waals surface area contributed by atoms with Gasteiger partial charge in [0.05, 0.1) is 0 Å². The Labute approximate surface area is 110 Å². The van der Waals surface area contributed by atoms with Crippen molar-refractivity contribution in [1.29, 1.82) is 0 Å². The van der Waals surface area contributed by atoms with Gasteiger partial charge in [-0.1, -0.05) is 6.92 Å². The number of carbonyl (C=O) groups excluding carboxylic acids is 1. The molecule has 1 saturated carbocycles. The number of nitrogens with one attached hydrogen (secondary N) is 1. The second kappa shape index (κ2) is 4.69. The summed E-state index contributed by atoms with van der Waals surface area (Å²) in [5.41, 5.74) is 7.36. The van der Waals surface area contributed by atoms with Crippen molar-refractivity contribution in [2.75, 3.05) is 12.3 Å². The molecule has 0 aliphatic heterocycles. The second-order valence-corrected chi connectivity index (χ2v) is 5.63. The monoisotopic (exact) mass is 296 g/mol. The molecule has 0 heterocycles. The van der Waals surface area contributed by atoms with Crippen molar-refractivity contribution >= 4 is 27.5 Å².